The Bertz CT molecular complexity index is 1160. The van der Waals surface area contributed by atoms with Gasteiger partial charge in [-0.25, -0.2) is 4.68 Å². The van der Waals surface area contributed by atoms with E-state index in [1.165, 1.54) is 16.3 Å². The number of hydrogen-bond acceptors (Lipinski definition) is 8. The van der Waals surface area contributed by atoms with E-state index in [1.807, 2.05) is 42.8 Å². The first-order valence-electron chi connectivity index (χ1n) is 8.41. The van der Waals surface area contributed by atoms with Crippen molar-refractivity contribution in [3.05, 3.63) is 40.4 Å². The fourth-order valence-corrected chi connectivity index (χ4v) is 3.67. The maximum atomic E-state index is 12.5. The van der Waals surface area contributed by atoms with Crippen molar-refractivity contribution in [2.75, 3.05) is 20.6 Å². The van der Waals surface area contributed by atoms with Crippen molar-refractivity contribution in [2.24, 2.45) is 7.05 Å². The first kappa shape index (κ1) is 17.6. The van der Waals surface area contributed by atoms with E-state index in [4.69, 9.17) is 0 Å². The molecule has 0 aliphatic heterocycles. The highest BCUT2D eigenvalue weighted by Crippen LogP contribution is 2.21. The van der Waals surface area contributed by atoms with Crippen LogP contribution in [0.5, 0.6) is 0 Å². The van der Waals surface area contributed by atoms with Crippen molar-refractivity contribution in [2.45, 2.75) is 17.5 Å². The summed E-state index contributed by atoms with van der Waals surface area (Å²) < 4.78 is 5.21. The molecule has 0 amide bonds. The predicted octanol–water partition coefficient (Wildman–Crippen LogP) is 0.422. The Labute approximate surface area is 158 Å². The predicted molar refractivity (Wildman–Crippen MR) is 102 cm³/mol. The van der Waals surface area contributed by atoms with Crippen LogP contribution in [0.25, 0.3) is 16.7 Å². The fraction of sp³-hybridized carbons (Fsp3) is 0.375. The zero-order valence-electron chi connectivity index (χ0n) is 15.3. The molecule has 0 unspecified atom stereocenters. The molecule has 0 atom stereocenters. The van der Waals surface area contributed by atoms with Crippen LogP contribution in [0.4, 0.5) is 0 Å². The van der Waals surface area contributed by atoms with Crippen LogP contribution in [-0.2, 0) is 19.3 Å². The Hall–Kier alpha value is -2.79. The minimum Gasteiger partial charge on any atom is -0.308 e. The van der Waals surface area contributed by atoms with Gasteiger partial charge in [0.25, 0.3) is 5.56 Å². The van der Waals surface area contributed by atoms with Crippen LogP contribution in [0.2, 0.25) is 0 Å². The Morgan fingerprint density at radius 3 is 2.78 bits per heavy atom. The van der Waals surface area contributed by atoms with Gasteiger partial charge in [0.1, 0.15) is 5.82 Å². The van der Waals surface area contributed by atoms with Crippen molar-refractivity contribution < 1.29 is 0 Å². The van der Waals surface area contributed by atoms with E-state index in [1.54, 1.807) is 11.7 Å². The molecule has 11 heteroatoms. The number of benzene rings is 1. The SMILES string of the molecule is CN(C)CCn1nnnc1SCc1nnc2n(C)c(=O)c3ccccc3n12. The van der Waals surface area contributed by atoms with Crippen LogP contribution in [0.15, 0.2) is 34.2 Å². The molecule has 3 heterocycles. The lowest BCUT2D eigenvalue weighted by molar-refractivity contribution is 0.361. The van der Waals surface area contributed by atoms with Gasteiger partial charge >= 0.3 is 0 Å². The standard InChI is InChI=1S/C16H19N9OS/c1-22(2)8-9-24-16(19-20-21-24)27-10-13-17-18-15-23(3)14(26)11-6-4-5-7-12(11)25(13)15/h4-7H,8-10H2,1-3H3. The molecule has 4 rings (SSSR count). The molecule has 140 valence electrons. The zero-order valence-corrected chi connectivity index (χ0v) is 16.1. The molecule has 0 saturated carbocycles. The summed E-state index contributed by atoms with van der Waals surface area (Å²) in [5, 5.41) is 21.8. The van der Waals surface area contributed by atoms with Crippen molar-refractivity contribution in [3.8, 4) is 0 Å². The second kappa shape index (κ2) is 7.08. The summed E-state index contributed by atoms with van der Waals surface area (Å²) in [7, 11) is 5.72. The van der Waals surface area contributed by atoms with Crippen molar-refractivity contribution in [1.29, 1.82) is 0 Å². The second-order valence-corrected chi connectivity index (χ2v) is 7.35. The fourth-order valence-electron chi connectivity index (χ4n) is 2.85. The number of aromatic nitrogens is 8. The molecule has 10 nitrogen and oxygen atoms in total. The van der Waals surface area contributed by atoms with Gasteiger partial charge in [-0.15, -0.1) is 15.3 Å². The third kappa shape index (κ3) is 3.19. The number of aryl methyl sites for hydroxylation is 1. The van der Waals surface area contributed by atoms with E-state index in [9.17, 15) is 4.79 Å². The molecule has 0 saturated heterocycles. The molecule has 1 aromatic carbocycles. The Balaban J connectivity index is 1.68. The third-order valence-electron chi connectivity index (χ3n) is 4.28. The molecule has 0 radical (unpaired) electrons. The minimum absolute atomic E-state index is 0.0858. The Kier molecular flexibility index (Phi) is 4.62. The van der Waals surface area contributed by atoms with Crippen LogP contribution >= 0.6 is 11.8 Å². The summed E-state index contributed by atoms with van der Waals surface area (Å²) in [6.07, 6.45) is 0. The minimum atomic E-state index is -0.0858. The average molecular weight is 385 g/mol. The molecule has 0 spiro atoms. The topological polar surface area (TPSA) is 99.0 Å². The molecule has 0 N–H and O–H groups in total. The summed E-state index contributed by atoms with van der Waals surface area (Å²) in [6, 6.07) is 7.48. The molecule has 0 bridgehead atoms. The van der Waals surface area contributed by atoms with Crippen molar-refractivity contribution >= 4 is 28.4 Å². The van der Waals surface area contributed by atoms with Gasteiger partial charge in [-0.1, -0.05) is 23.9 Å². The number of tetrazole rings is 1. The lowest BCUT2D eigenvalue weighted by atomic mass is 10.2. The number of likely N-dealkylation sites (N-methyl/N-ethyl adjacent to an activating group) is 1. The van der Waals surface area contributed by atoms with E-state index in [2.05, 4.69) is 30.6 Å². The molecule has 27 heavy (non-hydrogen) atoms. The Morgan fingerprint density at radius 2 is 1.96 bits per heavy atom. The molecule has 3 aromatic heterocycles. The number of nitrogens with zero attached hydrogens (tertiary/aromatic N) is 9. The van der Waals surface area contributed by atoms with Crippen LogP contribution < -0.4 is 5.56 Å². The molecule has 0 aliphatic rings. The molecule has 4 aromatic rings. The maximum Gasteiger partial charge on any atom is 0.262 e. The largest absolute Gasteiger partial charge is 0.308 e. The van der Waals surface area contributed by atoms with Gasteiger partial charge < -0.3 is 4.90 Å². The van der Waals surface area contributed by atoms with E-state index in [0.717, 1.165) is 23.0 Å². The van der Waals surface area contributed by atoms with Gasteiger partial charge in [-0.3, -0.25) is 13.8 Å². The monoisotopic (exact) mass is 385 g/mol. The summed E-state index contributed by atoms with van der Waals surface area (Å²) in [5.41, 5.74) is 0.709. The lowest BCUT2D eigenvalue weighted by Crippen LogP contribution is -2.20. The van der Waals surface area contributed by atoms with Gasteiger partial charge in [-0.05, 0) is 36.7 Å². The highest BCUT2D eigenvalue weighted by Gasteiger charge is 2.16. The Morgan fingerprint density at radius 1 is 1.15 bits per heavy atom. The quantitative estimate of drug-likeness (QED) is 0.441. The van der Waals surface area contributed by atoms with Gasteiger partial charge in [0, 0.05) is 13.6 Å². The second-order valence-electron chi connectivity index (χ2n) is 6.41. The highest BCUT2D eigenvalue weighted by molar-refractivity contribution is 7.98. The normalized spacial score (nSPS) is 11.9. The molecular formula is C16H19N9OS. The number of fused-ring (bicyclic) bond motifs is 3. The first-order valence-corrected chi connectivity index (χ1v) is 9.40. The summed E-state index contributed by atoms with van der Waals surface area (Å²) in [6.45, 7) is 1.56. The number of rotatable bonds is 6. The average Bonchev–Trinajstić information content (AvgIpc) is 3.29. The number of para-hydroxylation sites is 1. The maximum absolute atomic E-state index is 12.5. The van der Waals surface area contributed by atoms with E-state index >= 15 is 0 Å². The summed E-state index contributed by atoms with van der Waals surface area (Å²) >= 11 is 1.49. The smallest absolute Gasteiger partial charge is 0.262 e. The number of thioether (sulfide) groups is 1. The van der Waals surface area contributed by atoms with Gasteiger partial charge in [0.2, 0.25) is 10.9 Å². The zero-order chi connectivity index (χ0) is 19.0. The number of hydrogen-bond donors (Lipinski definition) is 0. The van der Waals surface area contributed by atoms with Crippen molar-refractivity contribution in [1.82, 2.24) is 44.3 Å². The van der Waals surface area contributed by atoms with E-state index in [0.29, 0.717) is 23.5 Å². The molecule has 0 fully saturated rings. The summed E-state index contributed by atoms with van der Waals surface area (Å²) in [4.78, 5) is 14.6. The molecule has 0 aliphatic carbocycles. The van der Waals surface area contributed by atoms with Gasteiger partial charge in [-0.2, -0.15) is 0 Å². The van der Waals surface area contributed by atoms with Gasteiger partial charge in [0.05, 0.1) is 23.2 Å². The lowest BCUT2D eigenvalue weighted by Gasteiger charge is -2.10. The molecular weight excluding hydrogens is 366 g/mol. The van der Waals surface area contributed by atoms with Crippen LogP contribution in [0.3, 0.4) is 0 Å². The van der Waals surface area contributed by atoms with Crippen LogP contribution in [-0.4, -0.2) is 64.9 Å². The van der Waals surface area contributed by atoms with Crippen molar-refractivity contribution in [3.63, 3.8) is 0 Å². The van der Waals surface area contributed by atoms with E-state index in [-0.39, 0.29) is 5.56 Å². The van der Waals surface area contributed by atoms with Crippen LogP contribution in [0.1, 0.15) is 5.82 Å². The van der Waals surface area contributed by atoms with E-state index < -0.39 is 0 Å². The summed E-state index contributed by atoms with van der Waals surface area (Å²) in [5.74, 6) is 1.79. The van der Waals surface area contributed by atoms with Crippen LogP contribution in [0, 0.1) is 0 Å². The van der Waals surface area contributed by atoms with Gasteiger partial charge in [0.15, 0.2) is 0 Å². The third-order valence-corrected chi connectivity index (χ3v) is 5.23. The highest BCUT2D eigenvalue weighted by atomic mass is 32.2. The first-order chi connectivity index (χ1) is 13.1.